The lowest BCUT2D eigenvalue weighted by Crippen LogP contribution is -2.33. The Morgan fingerprint density at radius 3 is 2.95 bits per heavy atom. The van der Waals surface area contributed by atoms with Crippen molar-refractivity contribution in [1.82, 2.24) is 20.1 Å². The lowest BCUT2D eigenvalue weighted by molar-refractivity contribution is -0.124. The molecule has 0 saturated heterocycles. The van der Waals surface area contributed by atoms with Gasteiger partial charge in [-0.2, -0.15) is 5.10 Å². The van der Waals surface area contributed by atoms with Crippen molar-refractivity contribution in [2.24, 2.45) is 0 Å². The van der Waals surface area contributed by atoms with E-state index in [1.54, 1.807) is 17.1 Å². The third-order valence-electron chi connectivity index (χ3n) is 2.97. The van der Waals surface area contributed by atoms with E-state index >= 15 is 0 Å². The Balaban J connectivity index is 1.84. The van der Waals surface area contributed by atoms with E-state index in [-0.39, 0.29) is 11.9 Å². The minimum Gasteiger partial charge on any atom is -0.354 e. The van der Waals surface area contributed by atoms with Gasteiger partial charge in [-0.05, 0) is 30.5 Å². The topological polar surface area (TPSA) is 59.8 Å². The molecule has 1 atom stereocenters. The standard InChI is InChI=1S/C14H18N4O/c1-2-13(18-10-4-8-17-18)14(19)16-9-6-12-5-3-7-15-11-12/h3-5,7-8,10-11,13H,2,6,9H2,1H3,(H,16,19). The molecule has 0 saturated carbocycles. The SMILES string of the molecule is CCC(C(=O)NCCc1cccnc1)n1cccn1. The highest BCUT2D eigenvalue weighted by Gasteiger charge is 2.17. The first-order chi connectivity index (χ1) is 9.31. The summed E-state index contributed by atoms with van der Waals surface area (Å²) in [7, 11) is 0. The first-order valence-electron chi connectivity index (χ1n) is 6.47. The largest absolute Gasteiger partial charge is 0.354 e. The Morgan fingerprint density at radius 2 is 2.32 bits per heavy atom. The number of hydrogen-bond donors (Lipinski definition) is 1. The molecule has 5 heteroatoms. The van der Waals surface area contributed by atoms with E-state index < -0.39 is 0 Å². The van der Waals surface area contributed by atoms with Crippen molar-refractivity contribution < 1.29 is 4.79 Å². The molecule has 0 spiro atoms. The van der Waals surface area contributed by atoms with Crippen molar-refractivity contribution in [3.8, 4) is 0 Å². The molecule has 1 N–H and O–H groups in total. The van der Waals surface area contributed by atoms with E-state index in [0.717, 1.165) is 18.4 Å². The van der Waals surface area contributed by atoms with Crippen molar-refractivity contribution in [3.05, 3.63) is 48.5 Å². The minimum absolute atomic E-state index is 0.00934. The van der Waals surface area contributed by atoms with Crippen molar-refractivity contribution in [3.63, 3.8) is 0 Å². The number of amides is 1. The Labute approximate surface area is 112 Å². The molecule has 1 amide bonds. The van der Waals surface area contributed by atoms with Crippen LogP contribution in [-0.2, 0) is 11.2 Å². The number of carbonyl (C=O) groups excluding carboxylic acids is 1. The van der Waals surface area contributed by atoms with E-state index in [2.05, 4.69) is 15.4 Å². The molecule has 19 heavy (non-hydrogen) atoms. The second-order valence-electron chi connectivity index (χ2n) is 4.31. The van der Waals surface area contributed by atoms with Gasteiger partial charge in [0.1, 0.15) is 6.04 Å². The molecule has 0 aliphatic carbocycles. The molecular weight excluding hydrogens is 240 g/mol. The first kappa shape index (κ1) is 13.3. The summed E-state index contributed by atoms with van der Waals surface area (Å²) in [5.41, 5.74) is 1.12. The van der Waals surface area contributed by atoms with E-state index in [9.17, 15) is 4.79 Å². The molecular formula is C14H18N4O. The highest BCUT2D eigenvalue weighted by Crippen LogP contribution is 2.09. The number of nitrogens with one attached hydrogen (secondary N) is 1. The minimum atomic E-state index is -0.233. The van der Waals surface area contributed by atoms with Crippen molar-refractivity contribution in [2.45, 2.75) is 25.8 Å². The predicted molar refractivity (Wildman–Crippen MR) is 72.5 cm³/mol. The van der Waals surface area contributed by atoms with Crippen LogP contribution in [0.5, 0.6) is 0 Å². The van der Waals surface area contributed by atoms with Crippen molar-refractivity contribution in [2.75, 3.05) is 6.54 Å². The summed E-state index contributed by atoms with van der Waals surface area (Å²) in [5.74, 6) is 0.00934. The quantitative estimate of drug-likeness (QED) is 0.856. The van der Waals surface area contributed by atoms with Gasteiger partial charge >= 0.3 is 0 Å². The maximum atomic E-state index is 12.1. The highest BCUT2D eigenvalue weighted by molar-refractivity contribution is 5.80. The maximum absolute atomic E-state index is 12.1. The lowest BCUT2D eigenvalue weighted by atomic mass is 10.2. The fourth-order valence-electron chi connectivity index (χ4n) is 1.95. The van der Waals surface area contributed by atoms with Crippen LogP contribution in [0.15, 0.2) is 43.0 Å². The summed E-state index contributed by atoms with van der Waals surface area (Å²) in [6.07, 6.45) is 8.57. The Hall–Kier alpha value is -2.17. The van der Waals surface area contributed by atoms with Gasteiger partial charge < -0.3 is 5.32 Å². The third-order valence-corrected chi connectivity index (χ3v) is 2.97. The van der Waals surface area contributed by atoms with Gasteiger partial charge in [0.05, 0.1) is 0 Å². The third kappa shape index (κ3) is 3.64. The molecule has 100 valence electrons. The maximum Gasteiger partial charge on any atom is 0.244 e. The zero-order valence-electron chi connectivity index (χ0n) is 11.0. The average molecular weight is 258 g/mol. The molecule has 1 unspecified atom stereocenters. The average Bonchev–Trinajstić information content (AvgIpc) is 2.95. The zero-order chi connectivity index (χ0) is 13.5. The van der Waals surface area contributed by atoms with Crippen LogP contribution < -0.4 is 5.32 Å². The predicted octanol–water partition coefficient (Wildman–Crippen LogP) is 1.59. The van der Waals surface area contributed by atoms with Crippen molar-refractivity contribution >= 4 is 5.91 Å². The Kier molecular flexibility index (Phi) is 4.66. The highest BCUT2D eigenvalue weighted by atomic mass is 16.2. The first-order valence-corrected chi connectivity index (χ1v) is 6.47. The van der Waals surface area contributed by atoms with E-state index in [4.69, 9.17) is 0 Å². The van der Waals surface area contributed by atoms with Crippen LogP contribution in [0.1, 0.15) is 24.9 Å². The van der Waals surface area contributed by atoms with Crippen LogP contribution in [0.2, 0.25) is 0 Å². The molecule has 0 aliphatic heterocycles. The van der Waals surface area contributed by atoms with Crippen LogP contribution >= 0.6 is 0 Å². The van der Waals surface area contributed by atoms with Gasteiger partial charge in [0.2, 0.25) is 5.91 Å². The Bertz CT molecular complexity index is 495. The number of aromatic nitrogens is 3. The lowest BCUT2D eigenvalue weighted by Gasteiger charge is -2.15. The van der Waals surface area contributed by atoms with Gasteiger partial charge in [0, 0.05) is 31.3 Å². The van der Waals surface area contributed by atoms with Gasteiger partial charge in [0.25, 0.3) is 0 Å². The summed E-state index contributed by atoms with van der Waals surface area (Å²) in [6, 6.07) is 5.49. The normalized spacial score (nSPS) is 12.1. The molecule has 2 aromatic heterocycles. The molecule has 5 nitrogen and oxygen atoms in total. The monoisotopic (exact) mass is 258 g/mol. The van der Waals surface area contributed by atoms with Gasteiger partial charge in [-0.3, -0.25) is 14.5 Å². The van der Waals surface area contributed by atoms with E-state index in [0.29, 0.717) is 6.54 Å². The van der Waals surface area contributed by atoms with Gasteiger partial charge in [0.15, 0.2) is 0 Å². The number of pyridine rings is 1. The molecule has 0 radical (unpaired) electrons. The smallest absolute Gasteiger partial charge is 0.244 e. The number of nitrogens with zero attached hydrogens (tertiary/aromatic N) is 3. The molecule has 0 aliphatic rings. The summed E-state index contributed by atoms with van der Waals surface area (Å²) >= 11 is 0. The second kappa shape index (κ2) is 6.68. The summed E-state index contributed by atoms with van der Waals surface area (Å²) in [4.78, 5) is 16.1. The van der Waals surface area contributed by atoms with Crippen LogP contribution in [0.4, 0.5) is 0 Å². The van der Waals surface area contributed by atoms with Gasteiger partial charge in [-0.1, -0.05) is 13.0 Å². The Morgan fingerprint density at radius 1 is 1.42 bits per heavy atom. The fourth-order valence-corrected chi connectivity index (χ4v) is 1.95. The molecule has 2 rings (SSSR count). The van der Waals surface area contributed by atoms with Crippen LogP contribution in [0, 0.1) is 0 Å². The summed E-state index contributed by atoms with van der Waals surface area (Å²) in [5, 5.41) is 7.06. The summed E-state index contributed by atoms with van der Waals surface area (Å²) < 4.78 is 1.69. The van der Waals surface area contributed by atoms with E-state index in [1.807, 2.05) is 37.5 Å². The van der Waals surface area contributed by atoms with Gasteiger partial charge in [-0.15, -0.1) is 0 Å². The summed E-state index contributed by atoms with van der Waals surface area (Å²) in [6.45, 7) is 2.59. The number of hydrogen-bond acceptors (Lipinski definition) is 3. The number of carbonyl (C=O) groups is 1. The molecule has 0 fully saturated rings. The number of rotatable bonds is 6. The van der Waals surface area contributed by atoms with Crippen LogP contribution in [0.25, 0.3) is 0 Å². The molecule has 0 aromatic carbocycles. The second-order valence-corrected chi connectivity index (χ2v) is 4.31. The molecule has 2 aromatic rings. The molecule has 0 bridgehead atoms. The van der Waals surface area contributed by atoms with Gasteiger partial charge in [-0.25, -0.2) is 0 Å². The van der Waals surface area contributed by atoms with Crippen LogP contribution in [-0.4, -0.2) is 27.2 Å². The zero-order valence-corrected chi connectivity index (χ0v) is 11.0. The fraction of sp³-hybridized carbons (Fsp3) is 0.357. The molecule has 2 heterocycles. The van der Waals surface area contributed by atoms with Crippen molar-refractivity contribution in [1.29, 1.82) is 0 Å². The van der Waals surface area contributed by atoms with Crippen LogP contribution in [0.3, 0.4) is 0 Å². The van der Waals surface area contributed by atoms with E-state index in [1.165, 1.54) is 0 Å².